The van der Waals surface area contributed by atoms with Crippen molar-refractivity contribution in [2.24, 2.45) is 0 Å². The minimum absolute atomic E-state index is 0.0787. The van der Waals surface area contributed by atoms with E-state index in [1.807, 2.05) is 13.8 Å². The molecule has 1 aromatic heterocycles. The molecule has 0 radical (unpaired) electrons. The van der Waals surface area contributed by atoms with Crippen molar-refractivity contribution in [2.75, 3.05) is 5.75 Å². The van der Waals surface area contributed by atoms with Gasteiger partial charge in [0.15, 0.2) is 5.16 Å². The lowest BCUT2D eigenvalue weighted by atomic mass is 10.2. The largest absolute Gasteiger partial charge is 0.353 e. The summed E-state index contributed by atoms with van der Waals surface area (Å²) in [4.78, 5) is 29.1. The monoisotopic (exact) mass is 365 g/mol. The van der Waals surface area contributed by atoms with E-state index in [0.717, 1.165) is 6.42 Å². The first-order valence-corrected chi connectivity index (χ1v) is 9.05. The van der Waals surface area contributed by atoms with Crippen LogP contribution in [0.3, 0.4) is 0 Å². The van der Waals surface area contributed by atoms with E-state index in [4.69, 9.17) is 11.6 Å². The molecule has 24 heavy (non-hydrogen) atoms. The number of amides is 1. The number of hydrogen-bond acceptors (Lipinski definition) is 4. The first-order valence-electron chi connectivity index (χ1n) is 7.69. The molecule has 1 aromatic carbocycles. The molecule has 0 saturated heterocycles. The van der Waals surface area contributed by atoms with Crippen LogP contribution in [0.2, 0.25) is 5.02 Å². The molecule has 2 rings (SSSR count). The summed E-state index contributed by atoms with van der Waals surface area (Å²) in [6.07, 6.45) is 2.50. The lowest BCUT2D eigenvalue weighted by Crippen LogP contribution is -2.33. The maximum atomic E-state index is 12.7. The molecule has 0 fully saturated rings. The number of benzene rings is 1. The average molecular weight is 366 g/mol. The van der Waals surface area contributed by atoms with Crippen LogP contribution in [0.4, 0.5) is 0 Å². The van der Waals surface area contributed by atoms with E-state index in [-0.39, 0.29) is 23.3 Å². The highest BCUT2D eigenvalue weighted by Crippen LogP contribution is 2.20. The van der Waals surface area contributed by atoms with Gasteiger partial charge < -0.3 is 5.32 Å². The minimum Gasteiger partial charge on any atom is -0.353 e. The number of halogens is 1. The molecule has 0 bridgehead atoms. The molecule has 0 aliphatic carbocycles. The Hall–Kier alpha value is -1.79. The average Bonchev–Trinajstić information content (AvgIpc) is 2.56. The smallest absolute Gasteiger partial charge is 0.262 e. The number of carbonyl (C=O) groups is 1. The Labute approximate surface area is 150 Å². The molecular weight excluding hydrogens is 346 g/mol. The van der Waals surface area contributed by atoms with Gasteiger partial charge in [0.05, 0.1) is 16.7 Å². The van der Waals surface area contributed by atoms with Crippen molar-refractivity contribution in [3.8, 4) is 0 Å². The first kappa shape index (κ1) is 18.5. The predicted molar refractivity (Wildman–Crippen MR) is 99.8 cm³/mol. The van der Waals surface area contributed by atoms with Crippen LogP contribution in [0.1, 0.15) is 20.3 Å². The molecule has 1 amide bonds. The lowest BCUT2D eigenvalue weighted by Gasteiger charge is -2.13. The number of nitrogens with one attached hydrogen (secondary N) is 1. The van der Waals surface area contributed by atoms with Crippen LogP contribution in [-0.4, -0.2) is 27.3 Å². The van der Waals surface area contributed by atoms with Crippen LogP contribution in [0.15, 0.2) is 40.8 Å². The summed E-state index contributed by atoms with van der Waals surface area (Å²) in [6, 6.07) is 5.13. The molecule has 2 aromatic rings. The zero-order valence-corrected chi connectivity index (χ0v) is 15.3. The quantitative estimate of drug-likeness (QED) is 0.464. The number of carbonyl (C=O) groups excluding carboxylic acids is 1. The number of nitrogens with zero attached hydrogens (tertiary/aromatic N) is 2. The number of rotatable bonds is 7. The second-order valence-corrected chi connectivity index (χ2v) is 6.80. The maximum Gasteiger partial charge on any atom is 0.262 e. The fourth-order valence-corrected chi connectivity index (χ4v) is 3.11. The molecule has 1 heterocycles. The first-order chi connectivity index (χ1) is 11.5. The molecule has 0 aliphatic rings. The molecule has 0 unspecified atom stereocenters. The van der Waals surface area contributed by atoms with Crippen LogP contribution < -0.4 is 10.9 Å². The SMILES string of the molecule is C=CCn1c(SCC(=O)N[C@@H](C)CC)nc2ccc(Cl)cc2c1=O. The van der Waals surface area contributed by atoms with Crippen molar-refractivity contribution in [1.82, 2.24) is 14.9 Å². The third-order valence-electron chi connectivity index (χ3n) is 3.54. The number of allylic oxidation sites excluding steroid dienone is 1. The van der Waals surface area contributed by atoms with E-state index in [0.29, 0.717) is 27.6 Å². The van der Waals surface area contributed by atoms with Gasteiger partial charge in [0.25, 0.3) is 5.56 Å². The van der Waals surface area contributed by atoms with Crippen molar-refractivity contribution in [3.63, 3.8) is 0 Å². The Morgan fingerprint density at radius 2 is 2.29 bits per heavy atom. The molecule has 0 saturated carbocycles. The Balaban J connectivity index is 2.33. The van der Waals surface area contributed by atoms with Crippen LogP contribution >= 0.6 is 23.4 Å². The van der Waals surface area contributed by atoms with Crippen molar-refractivity contribution >= 4 is 40.2 Å². The second-order valence-electron chi connectivity index (χ2n) is 5.43. The molecule has 1 atom stereocenters. The summed E-state index contributed by atoms with van der Waals surface area (Å²) in [5, 5.41) is 4.33. The van der Waals surface area contributed by atoms with Crippen LogP contribution in [0.5, 0.6) is 0 Å². The minimum atomic E-state index is -0.188. The summed E-state index contributed by atoms with van der Waals surface area (Å²) in [5.74, 6) is 0.123. The standard InChI is InChI=1S/C17H20ClN3O2S/c1-4-8-21-16(23)13-9-12(18)6-7-14(13)20-17(21)24-10-15(22)19-11(3)5-2/h4,6-7,9,11H,1,5,8,10H2,2-3H3,(H,19,22)/t11-/m0/s1. The van der Waals surface area contributed by atoms with Gasteiger partial charge in [-0.2, -0.15) is 0 Å². The van der Waals surface area contributed by atoms with E-state index in [1.54, 1.807) is 24.3 Å². The van der Waals surface area contributed by atoms with E-state index in [1.165, 1.54) is 16.3 Å². The van der Waals surface area contributed by atoms with Gasteiger partial charge in [-0.3, -0.25) is 14.2 Å². The molecule has 7 heteroatoms. The van der Waals surface area contributed by atoms with Gasteiger partial charge in [-0.25, -0.2) is 4.98 Å². The zero-order chi connectivity index (χ0) is 17.7. The van der Waals surface area contributed by atoms with Crippen LogP contribution in [0.25, 0.3) is 10.9 Å². The Bertz CT molecular complexity index is 819. The molecule has 0 aliphatic heterocycles. The maximum absolute atomic E-state index is 12.7. The topological polar surface area (TPSA) is 64.0 Å². The Kier molecular flexibility index (Phi) is 6.45. The van der Waals surface area contributed by atoms with Crippen molar-refractivity contribution in [3.05, 3.63) is 46.2 Å². The molecule has 0 spiro atoms. The van der Waals surface area contributed by atoms with Gasteiger partial charge >= 0.3 is 0 Å². The van der Waals surface area contributed by atoms with Crippen molar-refractivity contribution in [2.45, 2.75) is 38.0 Å². The molecule has 5 nitrogen and oxygen atoms in total. The lowest BCUT2D eigenvalue weighted by molar-refractivity contribution is -0.119. The van der Waals surface area contributed by atoms with Gasteiger partial charge in [0.2, 0.25) is 5.91 Å². The summed E-state index contributed by atoms with van der Waals surface area (Å²) < 4.78 is 1.51. The zero-order valence-electron chi connectivity index (χ0n) is 13.7. The summed E-state index contributed by atoms with van der Waals surface area (Å²) >= 11 is 7.21. The molecular formula is C17H20ClN3O2S. The van der Waals surface area contributed by atoms with E-state index in [2.05, 4.69) is 16.9 Å². The van der Waals surface area contributed by atoms with Gasteiger partial charge in [-0.15, -0.1) is 6.58 Å². The van der Waals surface area contributed by atoms with Crippen LogP contribution in [-0.2, 0) is 11.3 Å². The number of aromatic nitrogens is 2. The molecule has 1 N–H and O–H groups in total. The summed E-state index contributed by atoms with van der Waals surface area (Å²) in [5.41, 5.74) is 0.377. The van der Waals surface area contributed by atoms with Gasteiger partial charge in [-0.1, -0.05) is 36.4 Å². The third kappa shape index (κ3) is 4.39. The van der Waals surface area contributed by atoms with Gasteiger partial charge in [-0.05, 0) is 31.5 Å². The highest BCUT2D eigenvalue weighted by Gasteiger charge is 2.13. The fourth-order valence-electron chi connectivity index (χ4n) is 2.12. The van der Waals surface area contributed by atoms with Crippen LogP contribution in [0, 0.1) is 0 Å². The highest BCUT2D eigenvalue weighted by atomic mass is 35.5. The van der Waals surface area contributed by atoms with E-state index >= 15 is 0 Å². The fraction of sp³-hybridized carbons (Fsp3) is 0.353. The van der Waals surface area contributed by atoms with Gasteiger partial charge in [0.1, 0.15) is 0 Å². The summed E-state index contributed by atoms with van der Waals surface area (Å²) in [7, 11) is 0. The summed E-state index contributed by atoms with van der Waals surface area (Å²) in [6.45, 7) is 7.96. The number of thioether (sulfide) groups is 1. The Morgan fingerprint density at radius 3 is 2.96 bits per heavy atom. The Morgan fingerprint density at radius 1 is 1.54 bits per heavy atom. The van der Waals surface area contributed by atoms with Gasteiger partial charge in [0, 0.05) is 17.6 Å². The van der Waals surface area contributed by atoms with Crippen molar-refractivity contribution in [1.29, 1.82) is 0 Å². The third-order valence-corrected chi connectivity index (χ3v) is 4.76. The van der Waals surface area contributed by atoms with E-state index in [9.17, 15) is 9.59 Å². The number of hydrogen-bond donors (Lipinski definition) is 1. The number of fused-ring (bicyclic) bond motifs is 1. The van der Waals surface area contributed by atoms with E-state index < -0.39 is 0 Å². The second kappa shape index (κ2) is 8.35. The predicted octanol–water partition coefficient (Wildman–Crippen LogP) is 3.24. The normalized spacial score (nSPS) is 12.1. The highest BCUT2D eigenvalue weighted by molar-refractivity contribution is 7.99. The van der Waals surface area contributed by atoms with Crippen molar-refractivity contribution < 1.29 is 4.79 Å². The molecule has 128 valence electrons.